The number of amides is 2. The van der Waals surface area contributed by atoms with E-state index in [0.29, 0.717) is 19.0 Å². The molecule has 0 aliphatic carbocycles. The highest BCUT2D eigenvalue weighted by Crippen LogP contribution is 2.24. The van der Waals surface area contributed by atoms with Gasteiger partial charge in [0, 0.05) is 20.1 Å². The predicted octanol–water partition coefficient (Wildman–Crippen LogP) is 4.15. The molecule has 0 aliphatic heterocycles. The van der Waals surface area contributed by atoms with Gasteiger partial charge in [-0.15, -0.1) is 0 Å². The van der Waals surface area contributed by atoms with Crippen molar-refractivity contribution in [2.45, 2.75) is 20.4 Å². The molecule has 0 bridgehead atoms. The zero-order valence-electron chi connectivity index (χ0n) is 13.5. The first-order chi connectivity index (χ1) is 10.6. The number of carbonyl (C=O) groups excluding carboxylic acids is 1. The van der Waals surface area contributed by atoms with Gasteiger partial charge >= 0.3 is 6.03 Å². The molecule has 1 N–H and O–H groups in total. The van der Waals surface area contributed by atoms with E-state index in [-0.39, 0.29) is 6.03 Å². The molecule has 0 atom stereocenters. The second kappa shape index (κ2) is 7.64. The summed E-state index contributed by atoms with van der Waals surface area (Å²) in [6.07, 6.45) is 0. The van der Waals surface area contributed by atoms with E-state index in [1.165, 1.54) is 11.1 Å². The van der Waals surface area contributed by atoms with Gasteiger partial charge in [0.15, 0.2) is 0 Å². The van der Waals surface area contributed by atoms with Crippen molar-refractivity contribution in [3.63, 3.8) is 0 Å². The number of rotatable bonds is 5. The Balaban J connectivity index is 2.12. The average molecular weight is 296 g/mol. The number of nitrogens with one attached hydrogen (secondary N) is 1. The normalized spacial score (nSPS) is 10.5. The molecule has 0 heterocycles. The molecule has 0 aliphatic rings. The van der Waals surface area contributed by atoms with Crippen molar-refractivity contribution < 1.29 is 4.79 Å². The van der Waals surface area contributed by atoms with E-state index in [2.05, 4.69) is 43.4 Å². The van der Waals surface area contributed by atoms with Crippen LogP contribution in [0, 0.1) is 5.92 Å². The summed E-state index contributed by atoms with van der Waals surface area (Å²) in [5, 5.41) is 2.95. The first-order valence-corrected chi connectivity index (χ1v) is 7.70. The molecular weight excluding hydrogens is 272 g/mol. The predicted molar refractivity (Wildman–Crippen MR) is 91.6 cm³/mol. The lowest BCUT2D eigenvalue weighted by atomic mass is 9.99. The van der Waals surface area contributed by atoms with Crippen LogP contribution in [0.4, 0.5) is 4.79 Å². The van der Waals surface area contributed by atoms with Crippen LogP contribution in [0.5, 0.6) is 0 Å². The highest BCUT2D eigenvalue weighted by molar-refractivity contribution is 5.74. The Bertz CT molecular complexity index is 608. The first-order valence-electron chi connectivity index (χ1n) is 7.70. The maximum atomic E-state index is 12.1. The van der Waals surface area contributed by atoms with Crippen LogP contribution < -0.4 is 5.32 Å². The Morgan fingerprint density at radius 2 is 1.68 bits per heavy atom. The molecule has 2 aromatic carbocycles. The van der Waals surface area contributed by atoms with Crippen LogP contribution in [0.3, 0.4) is 0 Å². The maximum absolute atomic E-state index is 12.1. The van der Waals surface area contributed by atoms with Gasteiger partial charge in [-0.2, -0.15) is 0 Å². The molecule has 0 fully saturated rings. The molecule has 0 aromatic heterocycles. The van der Waals surface area contributed by atoms with E-state index in [9.17, 15) is 4.79 Å². The Kier molecular flexibility index (Phi) is 5.59. The first kappa shape index (κ1) is 16.1. The minimum Gasteiger partial charge on any atom is -0.338 e. The van der Waals surface area contributed by atoms with Crippen molar-refractivity contribution in [2.24, 2.45) is 5.92 Å². The summed E-state index contributed by atoms with van der Waals surface area (Å²) < 4.78 is 0. The number of nitrogens with zero attached hydrogens (tertiary/aromatic N) is 1. The molecule has 2 rings (SSSR count). The lowest BCUT2D eigenvalue weighted by Crippen LogP contribution is -2.38. The van der Waals surface area contributed by atoms with Crippen molar-refractivity contribution >= 4 is 6.03 Å². The molecule has 3 heteroatoms. The molecule has 22 heavy (non-hydrogen) atoms. The number of carbonyl (C=O) groups is 1. The molecule has 0 radical (unpaired) electrons. The molecule has 2 aromatic rings. The van der Waals surface area contributed by atoms with Crippen molar-refractivity contribution in [3.8, 4) is 11.1 Å². The van der Waals surface area contributed by atoms with E-state index in [0.717, 1.165) is 5.56 Å². The van der Waals surface area contributed by atoms with Crippen molar-refractivity contribution in [3.05, 3.63) is 60.2 Å². The summed E-state index contributed by atoms with van der Waals surface area (Å²) in [6.45, 7) is 5.47. The molecule has 0 unspecified atom stereocenters. The Morgan fingerprint density at radius 1 is 1.05 bits per heavy atom. The van der Waals surface area contributed by atoms with Crippen LogP contribution >= 0.6 is 0 Å². The van der Waals surface area contributed by atoms with E-state index >= 15 is 0 Å². The average Bonchev–Trinajstić information content (AvgIpc) is 2.53. The Morgan fingerprint density at radius 3 is 2.36 bits per heavy atom. The largest absolute Gasteiger partial charge is 0.338 e. The molecule has 0 saturated heterocycles. The van der Waals surface area contributed by atoms with Gasteiger partial charge in [0.1, 0.15) is 0 Å². The number of benzene rings is 2. The van der Waals surface area contributed by atoms with Crippen LogP contribution in [-0.4, -0.2) is 24.5 Å². The second-order valence-corrected chi connectivity index (χ2v) is 5.96. The highest BCUT2D eigenvalue weighted by Gasteiger charge is 2.12. The summed E-state index contributed by atoms with van der Waals surface area (Å²) in [6, 6.07) is 18.5. The zero-order valence-corrected chi connectivity index (χ0v) is 13.5. The summed E-state index contributed by atoms with van der Waals surface area (Å²) in [5.74, 6) is 0.453. The van der Waals surface area contributed by atoms with Crippen LogP contribution in [0.2, 0.25) is 0 Å². The van der Waals surface area contributed by atoms with Crippen LogP contribution in [0.1, 0.15) is 19.4 Å². The van der Waals surface area contributed by atoms with Crippen LogP contribution in [0.15, 0.2) is 54.6 Å². The van der Waals surface area contributed by atoms with Gasteiger partial charge in [-0.25, -0.2) is 4.79 Å². The third-order valence-electron chi connectivity index (χ3n) is 3.52. The molecule has 2 amide bonds. The smallest absolute Gasteiger partial charge is 0.317 e. The number of hydrogen-bond acceptors (Lipinski definition) is 1. The number of hydrogen-bond donors (Lipinski definition) is 1. The standard InChI is InChI=1S/C19H24N2O/c1-15(2)13-20-19(22)21(3)14-17-11-7-8-12-18(17)16-9-5-4-6-10-16/h4-12,15H,13-14H2,1-3H3,(H,20,22). The third kappa shape index (κ3) is 4.35. The highest BCUT2D eigenvalue weighted by atomic mass is 16.2. The molecular formula is C19H24N2O. The second-order valence-electron chi connectivity index (χ2n) is 5.96. The maximum Gasteiger partial charge on any atom is 0.317 e. The molecule has 3 nitrogen and oxygen atoms in total. The van der Waals surface area contributed by atoms with Gasteiger partial charge in [0.25, 0.3) is 0 Å². The van der Waals surface area contributed by atoms with Gasteiger partial charge in [0.05, 0.1) is 0 Å². The SMILES string of the molecule is CC(C)CNC(=O)N(C)Cc1ccccc1-c1ccccc1. The van der Waals surface area contributed by atoms with Crippen molar-refractivity contribution in [2.75, 3.05) is 13.6 Å². The zero-order chi connectivity index (χ0) is 15.9. The van der Waals surface area contributed by atoms with E-state index in [1.54, 1.807) is 4.90 Å². The fourth-order valence-corrected chi connectivity index (χ4v) is 2.31. The van der Waals surface area contributed by atoms with Gasteiger partial charge in [-0.05, 0) is 22.6 Å². The van der Waals surface area contributed by atoms with Gasteiger partial charge in [-0.1, -0.05) is 68.4 Å². The minimum absolute atomic E-state index is 0.0310. The molecule has 0 spiro atoms. The fourth-order valence-electron chi connectivity index (χ4n) is 2.31. The van der Waals surface area contributed by atoms with E-state index < -0.39 is 0 Å². The Hall–Kier alpha value is -2.29. The minimum atomic E-state index is -0.0310. The van der Waals surface area contributed by atoms with Crippen molar-refractivity contribution in [1.29, 1.82) is 0 Å². The summed E-state index contributed by atoms with van der Waals surface area (Å²) in [5.41, 5.74) is 3.50. The summed E-state index contributed by atoms with van der Waals surface area (Å²) >= 11 is 0. The van der Waals surface area contributed by atoms with Crippen molar-refractivity contribution in [1.82, 2.24) is 10.2 Å². The van der Waals surface area contributed by atoms with Gasteiger partial charge < -0.3 is 10.2 Å². The topological polar surface area (TPSA) is 32.3 Å². The lowest BCUT2D eigenvalue weighted by molar-refractivity contribution is 0.205. The van der Waals surface area contributed by atoms with Gasteiger partial charge in [0.2, 0.25) is 0 Å². The fraction of sp³-hybridized carbons (Fsp3) is 0.316. The van der Waals surface area contributed by atoms with Gasteiger partial charge in [-0.3, -0.25) is 0 Å². The molecule has 116 valence electrons. The summed E-state index contributed by atoms with van der Waals surface area (Å²) in [4.78, 5) is 13.8. The quantitative estimate of drug-likeness (QED) is 0.883. The van der Waals surface area contributed by atoms with E-state index in [1.807, 2.05) is 37.4 Å². The Labute approximate surface area is 133 Å². The third-order valence-corrected chi connectivity index (χ3v) is 3.52. The van der Waals surface area contributed by atoms with Crippen LogP contribution in [0.25, 0.3) is 11.1 Å². The lowest BCUT2D eigenvalue weighted by Gasteiger charge is -2.20. The van der Waals surface area contributed by atoms with Crippen LogP contribution in [-0.2, 0) is 6.54 Å². The number of urea groups is 1. The monoisotopic (exact) mass is 296 g/mol. The molecule has 0 saturated carbocycles. The van der Waals surface area contributed by atoms with E-state index in [4.69, 9.17) is 0 Å². The summed E-state index contributed by atoms with van der Waals surface area (Å²) in [7, 11) is 1.83.